The first-order chi connectivity index (χ1) is 8.74. The van der Waals surface area contributed by atoms with Gasteiger partial charge >= 0.3 is 0 Å². The molecule has 0 saturated carbocycles. The minimum atomic E-state index is 0. The maximum absolute atomic E-state index is 11.8. The smallest absolute Gasteiger partial charge is 0.221 e. The summed E-state index contributed by atoms with van der Waals surface area (Å²) in [5.74, 6) is 2.33. The zero-order valence-corrected chi connectivity index (χ0v) is 12.8. The van der Waals surface area contributed by atoms with Crippen molar-refractivity contribution in [1.82, 2.24) is 10.6 Å². The Labute approximate surface area is 125 Å². The molecule has 0 bridgehead atoms. The van der Waals surface area contributed by atoms with Gasteiger partial charge in [-0.25, -0.2) is 0 Å². The first-order valence-electron chi connectivity index (χ1n) is 6.37. The Kier molecular flexibility index (Phi) is 7.28. The second-order valence-electron chi connectivity index (χ2n) is 4.70. The Hall–Kier alpha value is -0.710. The Morgan fingerprint density at radius 2 is 2.37 bits per heavy atom. The molecule has 0 aliphatic carbocycles. The molecule has 1 saturated heterocycles. The van der Waals surface area contributed by atoms with Crippen LogP contribution in [0.15, 0.2) is 24.3 Å². The number of aryl methyl sites for hydroxylation is 1. The van der Waals surface area contributed by atoms with Gasteiger partial charge < -0.3 is 10.6 Å². The van der Waals surface area contributed by atoms with Gasteiger partial charge in [-0.1, -0.05) is 29.8 Å². The van der Waals surface area contributed by atoms with Gasteiger partial charge in [-0.15, -0.1) is 12.4 Å². The maximum Gasteiger partial charge on any atom is 0.221 e. The van der Waals surface area contributed by atoms with Crippen molar-refractivity contribution < 1.29 is 4.79 Å². The summed E-state index contributed by atoms with van der Waals surface area (Å²) in [6.45, 7) is 3.70. The number of hydrogen-bond acceptors (Lipinski definition) is 3. The highest BCUT2D eigenvalue weighted by atomic mass is 35.5. The Bertz CT molecular complexity index is 408. The van der Waals surface area contributed by atoms with Crippen LogP contribution < -0.4 is 10.6 Å². The van der Waals surface area contributed by atoms with Gasteiger partial charge in [0.05, 0.1) is 0 Å². The van der Waals surface area contributed by atoms with Gasteiger partial charge in [-0.05, 0) is 12.5 Å². The number of amides is 1. The van der Waals surface area contributed by atoms with Gasteiger partial charge in [0.2, 0.25) is 5.91 Å². The van der Waals surface area contributed by atoms with Crippen molar-refractivity contribution in [2.45, 2.75) is 25.9 Å². The number of hydrogen-bond donors (Lipinski definition) is 2. The molecule has 1 unspecified atom stereocenters. The van der Waals surface area contributed by atoms with E-state index < -0.39 is 0 Å². The monoisotopic (exact) mass is 300 g/mol. The molecule has 1 atom stereocenters. The normalized spacial score (nSPS) is 18.5. The van der Waals surface area contributed by atoms with Gasteiger partial charge in [0.1, 0.15) is 0 Å². The van der Waals surface area contributed by atoms with E-state index in [0.717, 1.165) is 23.6 Å². The fourth-order valence-corrected chi connectivity index (χ4v) is 3.02. The lowest BCUT2D eigenvalue weighted by Crippen LogP contribution is -2.41. The number of nitrogens with one attached hydrogen (secondary N) is 2. The van der Waals surface area contributed by atoms with Crippen LogP contribution in [-0.4, -0.2) is 30.0 Å². The first-order valence-corrected chi connectivity index (χ1v) is 7.53. The molecule has 1 aromatic rings. The molecule has 0 aromatic heterocycles. The zero-order chi connectivity index (χ0) is 12.8. The van der Waals surface area contributed by atoms with Crippen LogP contribution in [0.5, 0.6) is 0 Å². The van der Waals surface area contributed by atoms with E-state index in [0.29, 0.717) is 19.0 Å². The van der Waals surface area contributed by atoms with E-state index in [-0.39, 0.29) is 18.3 Å². The molecule has 1 aromatic carbocycles. The summed E-state index contributed by atoms with van der Waals surface area (Å²) < 4.78 is 0. The van der Waals surface area contributed by atoms with Crippen molar-refractivity contribution in [3.8, 4) is 0 Å². The molecule has 1 aliphatic rings. The number of rotatable bonds is 4. The lowest BCUT2D eigenvalue weighted by molar-refractivity contribution is -0.121. The van der Waals surface area contributed by atoms with Gasteiger partial charge in [0.25, 0.3) is 0 Å². The fraction of sp³-hybridized carbons (Fsp3) is 0.500. The summed E-state index contributed by atoms with van der Waals surface area (Å²) in [6, 6.07) is 8.57. The molecule has 1 aliphatic heterocycles. The molecule has 19 heavy (non-hydrogen) atoms. The zero-order valence-electron chi connectivity index (χ0n) is 11.1. The third kappa shape index (κ3) is 5.85. The maximum atomic E-state index is 11.8. The van der Waals surface area contributed by atoms with E-state index >= 15 is 0 Å². The quantitative estimate of drug-likeness (QED) is 0.895. The third-order valence-corrected chi connectivity index (χ3v) is 4.13. The van der Waals surface area contributed by atoms with E-state index in [4.69, 9.17) is 0 Å². The van der Waals surface area contributed by atoms with Gasteiger partial charge in [-0.2, -0.15) is 11.8 Å². The minimum Gasteiger partial charge on any atom is -0.352 e. The van der Waals surface area contributed by atoms with E-state index in [1.54, 1.807) is 0 Å². The number of carbonyl (C=O) groups excluding carboxylic acids is 1. The van der Waals surface area contributed by atoms with Crippen molar-refractivity contribution in [2.24, 2.45) is 0 Å². The molecule has 2 rings (SSSR count). The van der Waals surface area contributed by atoms with Gasteiger partial charge in [0.15, 0.2) is 0 Å². The highest BCUT2D eigenvalue weighted by Crippen LogP contribution is 2.10. The fourth-order valence-electron chi connectivity index (χ4n) is 2.07. The molecule has 0 radical (unpaired) electrons. The number of halogens is 1. The standard InChI is InChI=1S/C14H20N2OS.ClH/c1-11-3-2-4-12(7-11)9-16-14(17)8-13-10-18-6-5-15-13;/h2-4,7,13,15H,5-6,8-10H2,1H3,(H,16,17);1H. The van der Waals surface area contributed by atoms with Crippen molar-refractivity contribution >= 4 is 30.1 Å². The average Bonchev–Trinajstić information content (AvgIpc) is 2.38. The highest BCUT2D eigenvalue weighted by molar-refractivity contribution is 7.99. The molecule has 3 nitrogen and oxygen atoms in total. The van der Waals surface area contributed by atoms with Crippen LogP contribution in [0.1, 0.15) is 17.5 Å². The van der Waals surface area contributed by atoms with Crippen LogP contribution in [0.25, 0.3) is 0 Å². The van der Waals surface area contributed by atoms with E-state index in [1.807, 2.05) is 23.9 Å². The highest BCUT2D eigenvalue weighted by Gasteiger charge is 2.16. The molecule has 0 spiro atoms. The van der Waals surface area contributed by atoms with E-state index in [9.17, 15) is 4.79 Å². The van der Waals surface area contributed by atoms with Gasteiger partial charge in [-0.3, -0.25) is 4.79 Å². The molecule has 1 fully saturated rings. The van der Waals surface area contributed by atoms with E-state index in [2.05, 4.69) is 29.7 Å². The molecule has 5 heteroatoms. The summed E-state index contributed by atoms with van der Waals surface area (Å²) in [6.07, 6.45) is 0.582. The molecule has 1 heterocycles. The Morgan fingerprint density at radius 3 is 3.05 bits per heavy atom. The second kappa shape index (κ2) is 8.46. The summed E-state index contributed by atoms with van der Waals surface area (Å²) in [5, 5.41) is 6.36. The van der Waals surface area contributed by atoms with Crippen molar-refractivity contribution in [2.75, 3.05) is 18.1 Å². The SMILES string of the molecule is Cc1cccc(CNC(=O)CC2CSCCN2)c1.Cl. The topological polar surface area (TPSA) is 41.1 Å². The molecule has 106 valence electrons. The van der Waals surface area contributed by atoms with Gasteiger partial charge in [0, 0.05) is 37.1 Å². The number of benzene rings is 1. The number of carbonyl (C=O) groups is 1. The predicted molar refractivity (Wildman–Crippen MR) is 84.0 cm³/mol. The summed E-state index contributed by atoms with van der Waals surface area (Å²) >= 11 is 1.92. The van der Waals surface area contributed by atoms with Crippen LogP contribution in [-0.2, 0) is 11.3 Å². The predicted octanol–water partition coefficient (Wildman–Crippen LogP) is 2.13. The first kappa shape index (κ1) is 16.3. The molecule has 2 N–H and O–H groups in total. The number of thioether (sulfide) groups is 1. The van der Waals surface area contributed by atoms with Crippen molar-refractivity contribution in [3.63, 3.8) is 0 Å². The molecule has 1 amide bonds. The molecular weight excluding hydrogens is 280 g/mol. The lowest BCUT2D eigenvalue weighted by Gasteiger charge is -2.22. The van der Waals surface area contributed by atoms with Crippen LogP contribution in [0.4, 0.5) is 0 Å². The molecular formula is C14H21ClN2OS. The van der Waals surface area contributed by atoms with E-state index in [1.165, 1.54) is 5.56 Å². The largest absolute Gasteiger partial charge is 0.352 e. The second-order valence-corrected chi connectivity index (χ2v) is 5.85. The lowest BCUT2D eigenvalue weighted by atomic mass is 10.1. The Morgan fingerprint density at radius 1 is 1.53 bits per heavy atom. The van der Waals surface area contributed by atoms with Crippen LogP contribution >= 0.6 is 24.2 Å². The summed E-state index contributed by atoms with van der Waals surface area (Å²) in [5.41, 5.74) is 2.39. The van der Waals surface area contributed by atoms with Crippen molar-refractivity contribution in [1.29, 1.82) is 0 Å². The average molecular weight is 301 g/mol. The van der Waals surface area contributed by atoms with Crippen LogP contribution in [0.3, 0.4) is 0 Å². The minimum absolute atomic E-state index is 0. The summed E-state index contributed by atoms with van der Waals surface area (Å²) in [7, 11) is 0. The van der Waals surface area contributed by atoms with Crippen LogP contribution in [0, 0.1) is 6.92 Å². The van der Waals surface area contributed by atoms with Crippen molar-refractivity contribution in [3.05, 3.63) is 35.4 Å². The summed E-state index contributed by atoms with van der Waals surface area (Å²) in [4.78, 5) is 11.8. The Balaban J connectivity index is 0.00000180. The third-order valence-electron chi connectivity index (χ3n) is 3.00. The van der Waals surface area contributed by atoms with Crippen LogP contribution in [0.2, 0.25) is 0 Å².